The Kier molecular flexibility index (Phi) is 4.64. The molecule has 1 aliphatic heterocycles. The van der Waals surface area contributed by atoms with Crippen LogP contribution in [0.25, 0.3) is 10.2 Å². The topological polar surface area (TPSA) is 67.5 Å². The fraction of sp³-hybridized carbons (Fsp3) is 0.438. The zero-order valence-corrected chi connectivity index (χ0v) is 15.2. The van der Waals surface area contributed by atoms with E-state index in [-0.39, 0.29) is 12.4 Å². The number of hydrogen-bond acceptors (Lipinski definition) is 8. The van der Waals surface area contributed by atoms with Crippen LogP contribution in [0.5, 0.6) is 5.75 Å². The smallest absolute Gasteiger partial charge is 0.470 e. The molecule has 2 aromatic heterocycles. The van der Waals surface area contributed by atoms with E-state index in [2.05, 4.69) is 20.1 Å². The summed E-state index contributed by atoms with van der Waals surface area (Å²) in [6.07, 6.45) is -4.61. The molecule has 4 rings (SSSR count). The lowest BCUT2D eigenvalue weighted by Crippen LogP contribution is -2.46. The summed E-state index contributed by atoms with van der Waals surface area (Å²) in [6, 6.07) is 5.81. The Bertz CT molecular complexity index is 934. The van der Waals surface area contributed by atoms with Crippen LogP contribution >= 0.6 is 11.3 Å². The standard InChI is InChI=1S/C16H16F3N5O2S/c1-25-10-3-2-4-11-13(10)20-15(27-11)24-7-5-23(6-8-24)9-12-21-22-14(26-12)16(17,18)19/h2-4H,5-9H2,1H3. The molecule has 0 N–H and O–H groups in total. The number of aromatic nitrogens is 3. The second-order valence-electron chi connectivity index (χ2n) is 6.07. The summed E-state index contributed by atoms with van der Waals surface area (Å²) in [6.45, 7) is 2.95. The van der Waals surface area contributed by atoms with Crippen LogP contribution in [0.2, 0.25) is 0 Å². The van der Waals surface area contributed by atoms with Gasteiger partial charge in [-0.3, -0.25) is 4.90 Å². The quantitative estimate of drug-likeness (QED) is 0.668. The number of nitrogens with zero attached hydrogens (tertiary/aromatic N) is 5. The van der Waals surface area contributed by atoms with Crippen molar-refractivity contribution >= 4 is 26.7 Å². The van der Waals surface area contributed by atoms with E-state index in [1.807, 2.05) is 23.1 Å². The lowest BCUT2D eigenvalue weighted by atomic mass is 10.3. The average molecular weight is 399 g/mol. The van der Waals surface area contributed by atoms with Gasteiger partial charge in [-0.15, -0.1) is 10.2 Å². The number of fused-ring (bicyclic) bond motifs is 1. The van der Waals surface area contributed by atoms with Crippen molar-refractivity contribution in [3.63, 3.8) is 0 Å². The number of anilines is 1. The molecular formula is C16H16F3N5O2S. The van der Waals surface area contributed by atoms with Gasteiger partial charge < -0.3 is 14.1 Å². The second-order valence-corrected chi connectivity index (χ2v) is 7.07. The Labute approximate surface area is 156 Å². The molecular weight excluding hydrogens is 383 g/mol. The third kappa shape index (κ3) is 3.69. The third-order valence-electron chi connectivity index (χ3n) is 4.30. The zero-order chi connectivity index (χ0) is 19.0. The Hall–Kier alpha value is -2.40. The highest BCUT2D eigenvalue weighted by Crippen LogP contribution is 2.34. The number of halogens is 3. The molecule has 0 radical (unpaired) electrons. The maximum Gasteiger partial charge on any atom is 0.470 e. The number of methoxy groups -OCH3 is 1. The van der Waals surface area contributed by atoms with E-state index in [1.54, 1.807) is 18.4 Å². The molecule has 0 bridgehead atoms. The van der Waals surface area contributed by atoms with Crippen molar-refractivity contribution in [3.8, 4) is 5.75 Å². The molecule has 0 atom stereocenters. The highest BCUT2D eigenvalue weighted by Gasteiger charge is 2.38. The fourth-order valence-corrected chi connectivity index (χ4v) is 3.97. The van der Waals surface area contributed by atoms with Gasteiger partial charge in [0.2, 0.25) is 5.89 Å². The summed E-state index contributed by atoms with van der Waals surface area (Å²) in [5.41, 5.74) is 0.841. The van der Waals surface area contributed by atoms with Gasteiger partial charge >= 0.3 is 12.1 Å². The minimum absolute atomic E-state index is 0.0273. The third-order valence-corrected chi connectivity index (χ3v) is 5.38. The van der Waals surface area contributed by atoms with Crippen LogP contribution in [0.1, 0.15) is 11.8 Å². The molecule has 11 heteroatoms. The molecule has 1 saturated heterocycles. The number of para-hydroxylation sites is 1. The van der Waals surface area contributed by atoms with Crippen molar-refractivity contribution in [2.24, 2.45) is 0 Å². The summed E-state index contributed by atoms with van der Waals surface area (Å²) in [5.74, 6) is -0.592. The number of ether oxygens (including phenoxy) is 1. The van der Waals surface area contributed by atoms with E-state index in [9.17, 15) is 13.2 Å². The summed E-state index contributed by atoms with van der Waals surface area (Å²) >= 11 is 1.60. The van der Waals surface area contributed by atoms with Gasteiger partial charge in [-0.2, -0.15) is 13.2 Å². The van der Waals surface area contributed by atoms with Gasteiger partial charge in [0.25, 0.3) is 0 Å². The molecule has 1 fully saturated rings. The van der Waals surface area contributed by atoms with Crippen molar-refractivity contribution < 1.29 is 22.3 Å². The average Bonchev–Trinajstić information content (AvgIpc) is 3.28. The first kappa shape index (κ1) is 18.0. The molecule has 7 nitrogen and oxygen atoms in total. The van der Waals surface area contributed by atoms with Crippen molar-refractivity contribution in [3.05, 3.63) is 30.0 Å². The molecule has 0 spiro atoms. The molecule has 1 aliphatic rings. The number of piperazine rings is 1. The Balaban J connectivity index is 1.40. The molecule has 0 saturated carbocycles. The molecule has 0 aliphatic carbocycles. The fourth-order valence-electron chi connectivity index (χ4n) is 2.93. The molecule has 27 heavy (non-hydrogen) atoms. The second kappa shape index (κ2) is 6.97. The van der Waals surface area contributed by atoms with Gasteiger partial charge in [0.05, 0.1) is 18.4 Å². The van der Waals surface area contributed by atoms with Crippen molar-refractivity contribution in [2.45, 2.75) is 12.7 Å². The molecule has 0 amide bonds. The normalized spacial score (nSPS) is 16.2. The number of benzene rings is 1. The summed E-state index contributed by atoms with van der Waals surface area (Å²) < 4.78 is 48.7. The largest absolute Gasteiger partial charge is 0.494 e. The first-order chi connectivity index (χ1) is 12.9. The SMILES string of the molecule is COc1cccc2sc(N3CCN(Cc4nnc(C(F)(F)F)o4)CC3)nc12. The highest BCUT2D eigenvalue weighted by molar-refractivity contribution is 7.22. The van der Waals surface area contributed by atoms with Gasteiger partial charge in [0.1, 0.15) is 11.3 Å². The number of rotatable bonds is 4. The molecule has 3 heterocycles. The molecule has 0 unspecified atom stereocenters. The minimum Gasteiger partial charge on any atom is -0.494 e. The van der Waals surface area contributed by atoms with Crippen LogP contribution in [0.15, 0.2) is 22.6 Å². The molecule has 1 aromatic carbocycles. The van der Waals surface area contributed by atoms with Crippen molar-refractivity contribution in [1.29, 1.82) is 0 Å². The van der Waals surface area contributed by atoms with Gasteiger partial charge in [0, 0.05) is 26.2 Å². The molecule has 144 valence electrons. The van der Waals surface area contributed by atoms with Crippen LogP contribution in [0, 0.1) is 0 Å². The lowest BCUT2D eigenvalue weighted by Gasteiger charge is -2.33. The van der Waals surface area contributed by atoms with Gasteiger partial charge in [-0.25, -0.2) is 4.98 Å². The number of hydrogen-bond donors (Lipinski definition) is 0. The van der Waals surface area contributed by atoms with E-state index in [0.717, 1.165) is 21.1 Å². The maximum atomic E-state index is 12.5. The van der Waals surface area contributed by atoms with Crippen LogP contribution < -0.4 is 9.64 Å². The highest BCUT2D eigenvalue weighted by atomic mass is 32.1. The Morgan fingerprint density at radius 1 is 1.19 bits per heavy atom. The van der Waals surface area contributed by atoms with Crippen LogP contribution in [-0.2, 0) is 12.7 Å². The zero-order valence-electron chi connectivity index (χ0n) is 14.4. The lowest BCUT2D eigenvalue weighted by molar-refractivity contribution is -0.157. The maximum absolute atomic E-state index is 12.5. The summed E-state index contributed by atoms with van der Waals surface area (Å²) in [5, 5.41) is 7.45. The van der Waals surface area contributed by atoms with Gasteiger partial charge in [-0.05, 0) is 12.1 Å². The van der Waals surface area contributed by atoms with E-state index in [1.165, 1.54) is 0 Å². The van der Waals surface area contributed by atoms with E-state index in [4.69, 9.17) is 9.15 Å². The minimum atomic E-state index is -4.61. The number of alkyl halides is 3. The summed E-state index contributed by atoms with van der Waals surface area (Å²) in [7, 11) is 1.62. The summed E-state index contributed by atoms with van der Waals surface area (Å²) in [4.78, 5) is 8.83. The predicted octanol–water partition coefficient (Wildman–Crippen LogP) is 3.03. The van der Waals surface area contributed by atoms with Crippen LogP contribution in [0.4, 0.5) is 18.3 Å². The van der Waals surface area contributed by atoms with E-state index >= 15 is 0 Å². The van der Waals surface area contributed by atoms with Crippen molar-refractivity contribution in [2.75, 3.05) is 38.2 Å². The molecule has 3 aromatic rings. The first-order valence-corrected chi connectivity index (χ1v) is 9.06. The van der Waals surface area contributed by atoms with Gasteiger partial charge in [0.15, 0.2) is 5.13 Å². The predicted molar refractivity (Wildman–Crippen MR) is 93.0 cm³/mol. The van der Waals surface area contributed by atoms with Gasteiger partial charge in [-0.1, -0.05) is 17.4 Å². The van der Waals surface area contributed by atoms with Crippen LogP contribution in [0.3, 0.4) is 0 Å². The first-order valence-electron chi connectivity index (χ1n) is 8.24. The van der Waals surface area contributed by atoms with E-state index < -0.39 is 12.1 Å². The number of thiazole rings is 1. The Morgan fingerprint density at radius 3 is 2.63 bits per heavy atom. The van der Waals surface area contributed by atoms with Crippen molar-refractivity contribution in [1.82, 2.24) is 20.1 Å². The van der Waals surface area contributed by atoms with E-state index in [0.29, 0.717) is 26.2 Å². The monoisotopic (exact) mass is 399 g/mol. The Morgan fingerprint density at radius 2 is 1.96 bits per heavy atom. The van der Waals surface area contributed by atoms with Crippen LogP contribution in [-0.4, -0.2) is 53.4 Å².